The summed E-state index contributed by atoms with van der Waals surface area (Å²) in [6, 6.07) is 23.7. The Morgan fingerprint density at radius 1 is 0.622 bits per heavy atom. The van der Waals surface area contributed by atoms with Gasteiger partial charge in [-0.05, 0) is 105 Å². The maximum atomic E-state index is 11.9. The third-order valence-electron chi connectivity index (χ3n) is 7.15. The standard InChI is InChI=1S/C21H23N3O.C16H12N2O.Ni/c1-3-14-24(15-4-2)17-9-7-16(8-10-17)23-19-11-12-20(25)21-18(19)6-5-13-22-21;1-11-4-6-12(7-5-11)18-14-8-9-15(19)16-13(14)3-2-10-17-16;/h5-13H,3-4,14-15H2,1-2H3;2-10H,1H3;. The molecule has 0 aliphatic heterocycles. The first-order chi connectivity index (χ1) is 21.5. The van der Waals surface area contributed by atoms with Crippen molar-refractivity contribution in [1.82, 2.24) is 9.97 Å². The van der Waals surface area contributed by atoms with E-state index in [1.54, 1.807) is 24.5 Å². The molecule has 0 saturated heterocycles. The molecule has 6 rings (SSSR count). The Balaban J connectivity index is 0.000000207. The molecule has 2 aromatic carbocycles. The van der Waals surface area contributed by atoms with Crippen molar-refractivity contribution >= 4 is 40.1 Å². The molecule has 230 valence electrons. The number of fused-ring (bicyclic) bond motifs is 2. The Labute approximate surface area is 274 Å². The van der Waals surface area contributed by atoms with Crippen LogP contribution in [0.1, 0.15) is 64.4 Å². The average Bonchev–Trinajstić information content (AvgIpc) is 3.06. The van der Waals surface area contributed by atoms with Gasteiger partial charge in [0.2, 0.25) is 11.6 Å². The number of rotatable bonds is 7. The van der Waals surface area contributed by atoms with Crippen molar-refractivity contribution in [3.63, 3.8) is 0 Å². The number of anilines is 1. The molecule has 2 aliphatic rings. The van der Waals surface area contributed by atoms with E-state index in [0.717, 1.165) is 59.9 Å². The molecular formula is C37H35N5NiO2. The van der Waals surface area contributed by atoms with Crippen molar-refractivity contribution in [3.05, 3.63) is 138 Å². The van der Waals surface area contributed by atoms with E-state index in [4.69, 9.17) is 4.99 Å². The van der Waals surface area contributed by atoms with Gasteiger partial charge in [0.1, 0.15) is 11.4 Å². The van der Waals surface area contributed by atoms with E-state index in [-0.39, 0.29) is 28.1 Å². The summed E-state index contributed by atoms with van der Waals surface area (Å²) in [4.78, 5) is 43.6. The Bertz CT molecular complexity index is 1770. The van der Waals surface area contributed by atoms with Crippen molar-refractivity contribution < 1.29 is 26.1 Å². The minimum Gasteiger partial charge on any atom is -0.372 e. The van der Waals surface area contributed by atoms with Crippen LogP contribution in [0.15, 0.2) is 119 Å². The number of carbonyl (C=O) groups excluding carboxylic acids is 2. The third kappa shape index (κ3) is 8.22. The maximum absolute atomic E-state index is 11.9. The van der Waals surface area contributed by atoms with Gasteiger partial charge in [0.25, 0.3) is 0 Å². The van der Waals surface area contributed by atoms with Crippen LogP contribution in [0.2, 0.25) is 0 Å². The fourth-order valence-electron chi connectivity index (χ4n) is 5.00. The number of ketones is 2. The van der Waals surface area contributed by atoms with Gasteiger partial charge in [-0.25, -0.2) is 9.98 Å². The first kappa shape index (κ1) is 33.1. The van der Waals surface area contributed by atoms with Crippen molar-refractivity contribution in [2.75, 3.05) is 18.0 Å². The molecule has 45 heavy (non-hydrogen) atoms. The third-order valence-corrected chi connectivity index (χ3v) is 7.15. The predicted octanol–water partition coefficient (Wildman–Crippen LogP) is 7.84. The van der Waals surface area contributed by atoms with Crippen LogP contribution in [-0.4, -0.2) is 46.0 Å². The molecule has 0 unspecified atom stereocenters. The number of carbonyl (C=O) groups is 2. The monoisotopic (exact) mass is 639 g/mol. The second kappa shape index (κ2) is 15.8. The van der Waals surface area contributed by atoms with E-state index in [9.17, 15) is 9.59 Å². The summed E-state index contributed by atoms with van der Waals surface area (Å²) in [7, 11) is 0. The van der Waals surface area contributed by atoms with Crippen LogP contribution in [0.5, 0.6) is 0 Å². The zero-order valence-corrected chi connectivity index (χ0v) is 26.6. The molecule has 8 heteroatoms. The summed E-state index contributed by atoms with van der Waals surface area (Å²) in [6.45, 7) is 8.56. The van der Waals surface area contributed by atoms with Crippen LogP contribution in [-0.2, 0) is 16.5 Å². The van der Waals surface area contributed by atoms with Gasteiger partial charge >= 0.3 is 0 Å². The first-order valence-corrected chi connectivity index (χ1v) is 14.9. The minimum absolute atomic E-state index is 0. The molecule has 2 aromatic heterocycles. The van der Waals surface area contributed by atoms with Gasteiger partial charge in [-0.3, -0.25) is 19.6 Å². The normalized spacial score (nSPS) is 14.7. The second-order valence-corrected chi connectivity index (χ2v) is 10.5. The van der Waals surface area contributed by atoms with Gasteiger partial charge in [-0.15, -0.1) is 0 Å². The van der Waals surface area contributed by atoms with Crippen LogP contribution in [0, 0.1) is 6.92 Å². The molecular weight excluding hydrogens is 605 g/mol. The van der Waals surface area contributed by atoms with E-state index in [2.05, 4.69) is 45.8 Å². The summed E-state index contributed by atoms with van der Waals surface area (Å²) in [6.07, 6.45) is 12.1. The predicted molar refractivity (Wildman–Crippen MR) is 178 cm³/mol. The fourth-order valence-corrected chi connectivity index (χ4v) is 5.00. The molecule has 0 spiro atoms. The molecule has 0 atom stereocenters. The van der Waals surface area contributed by atoms with E-state index in [1.165, 1.54) is 23.4 Å². The number of aryl methyl sites for hydroxylation is 1. The van der Waals surface area contributed by atoms with Crippen LogP contribution in [0.25, 0.3) is 0 Å². The van der Waals surface area contributed by atoms with E-state index in [1.807, 2.05) is 67.6 Å². The van der Waals surface area contributed by atoms with Gasteiger partial charge in [0.05, 0.1) is 22.8 Å². The Kier molecular flexibility index (Phi) is 11.6. The van der Waals surface area contributed by atoms with Crippen LogP contribution < -0.4 is 4.90 Å². The molecule has 0 N–H and O–H groups in total. The van der Waals surface area contributed by atoms with Gasteiger partial charge in [-0.1, -0.05) is 31.5 Å². The Morgan fingerprint density at radius 2 is 1.07 bits per heavy atom. The Morgan fingerprint density at radius 3 is 1.51 bits per heavy atom. The number of aromatic nitrogens is 2. The van der Waals surface area contributed by atoms with Crippen LogP contribution in [0.3, 0.4) is 0 Å². The average molecular weight is 640 g/mol. The van der Waals surface area contributed by atoms with E-state index < -0.39 is 0 Å². The van der Waals surface area contributed by atoms with Gasteiger partial charge in [0, 0.05) is 58.8 Å². The summed E-state index contributed by atoms with van der Waals surface area (Å²) in [5.41, 5.74) is 8.22. The molecule has 0 fully saturated rings. The summed E-state index contributed by atoms with van der Waals surface area (Å²) >= 11 is 0. The summed E-state index contributed by atoms with van der Waals surface area (Å²) in [5.74, 6) is -0.141. The quantitative estimate of drug-likeness (QED) is 0.192. The number of pyridine rings is 2. The Hall–Kier alpha value is -4.81. The number of benzene rings is 2. The fraction of sp³-hybridized carbons (Fsp3) is 0.189. The molecule has 0 saturated carbocycles. The molecule has 2 heterocycles. The SMILES string of the molecule is CCCN(CCC)c1ccc(N=C2C=CC(=O)c3ncccc32)cc1.Cc1ccc(N=C2C=CC(=O)c3ncccc32)cc1.[Ni]. The number of hydrogen-bond acceptors (Lipinski definition) is 7. The first-order valence-electron chi connectivity index (χ1n) is 14.9. The number of hydrogen-bond donors (Lipinski definition) is 0. The number of nitrogens with zero attached hydrogens (tertiary/aromatic N) is 5. The molecule has 7 nitrogen and oxygen atoms in total. The van der Waals surface area contributed by atoms with Crippen molar-refractivity contribution in [2.24, 2.45) is 9.98 Å². The summed E-state index contributed by atoms with van der Waals surface area (Å²) < 4.78 is 0. The van der Waals surface area contributed by atoms with Crippen LogP contribution >= 0.6 is 0 Å². The van der Waals surface area contributed by atoms with Crippen LogP contribution in [0.4, 0.5) is 17.1 Å². The number of aliphatic imine (C=N–C) groups is 2. The summed E-state index contributed by atoms with van der Waals surface area (Å²) in [5, 5.41) is 0. The molecule has 0 bridgehead atoms. The molecule has 4 aromatic rings. The van der Waals surface area contributed by atoms with Crippen molar-refractivity contribution in [3.8, 4) is 0 Å². The smallest absolute Gasteiger partial charge is 0.204 e. The molecule has 0 radical (unpaired) electrons. The van der Waals surface area contributed by atoms with Gasteiger partial charge in [0.15, 0.2) is 0 Å². The second-order valence-electron chi connectivity index (χ2n) is 10.5. The number of allylic oxidation sites excluding steroid dienone is 4. The van der Waals surface area contributed by atoms with Crippen molar-refractivity contribution in [2.45, 2.75) is 33.6 Å². The van der Waals surface area contributed by atoms with Gasteiger partial charge < -0.3 is 4.90 Å². The van der Waals surface area contributed by atoms with E-state index in [0.29, 0.717) is 11.4 Å². The van der Waals surface area contributed by atoms with Gasteiger partial charge in [-0.2, -0.15) is 0 Å². The zero-order valence-electron chi connectivity index (χ0n) is 25.6. The minimum atomic E-state index is -0.0709. The maximum Gasteiger partial charge on any atom is 0.204 e. The van der Waals surface area contributed by atoms with Crippen molar-refractivity contribution in [1.29, 1.82) is 0 Å². The largest absolute Gasteiger partial charge is 0.372 e. The molecule has 0 amide bonds. The molecule has 2 aliphatic carbocycles. The van der Waals surface area contributed by atoms with E-state index >= 15 is 0 Å². The zero-order chi connectivity index (χ0) is 30.9. The topological polar surface area (TPSA) is 87.9 Å².